The Bertz CT molecular complexity index is 1050. The van der Waals surface area contributed by atoms with Gasteiger partial charge in [0.05, 0.1) is 30.0 Å². The van der Waals surface area contributed by atoms with Gasteiger partial charge < -0.3 is 10.1 Å². The number of carbonyl (C=O) groups is 1. The van der Waals surface area contributed by atoms with Gasteiger partial charge in [0.15, 0.2) is 0 Å². The van der Waals surface area contributed by atoms with Gasteiger partial charge in [0.2, 0.25) is 0 Å². The summed E-state index contributed by atoms with van der Waals surface area (Å²) in [6.07, 6.45) is 0. The van der Waals surface area contributed by atoms with Gasteiger partial charge in [-0.25, -0.2) is 4.68 Å². The van der Waals surface area contributed by atoms with Crippen molar-refractivity contribution in [2.75, 3.05) is 12.4 Å². The zero-order valence-corrected chi connectivity index (χ0v) is 16.8. The third-order valence-corrected chi connectivity index (χ3v) is 6.00. The van der Waals surface area contributed by atoms with E-state index in [4.69, 9.17) is 4.74 Å². The van der Waals surface area contributed by atoms with Crippen LogP contribution in [0.25, 0.3) is 5.69 Å². The Morgan fingerprint density at radius 2 is 2.00 bits per heavy atom. The van der Waals surface area contributed by atoms with Crippen molar-refractivity contribution >= 4 is 38.5 Å². The number of rotatable bonds is 4. The molecular formula is C19H16BrN3O3S. The molecule has 0 saturated heterocycles. The number of amides is 1. The van der Waals surface area contributed by atoms with Gasteiger partial charge in [-0.2, -0.15) is 5.10 Å². The van der Waals surface area contributed by atoms with Gasteiger partial charge in [-0.3, -0.25) is 9.00 Å². The highest BCUT2D eigenvalue weighted by molar-refractivity contribution is 9.10. The number of nitrogens with zero attached hydrogens (tertiary/aromatic N) is 2. The van der Waals surface area contributed by atoms with Crippen molar-refractivity contribution in [1.82, 2.24) is 9.78 Å². The first-order valence-corrected chi connectivity index (χ1v) is 10.5. The molecule has 1 amide bonds. The van der Waals surface area contributed by atoms with E-state index in [1.807, 2.05) is 30.3 Å². The SMILES string of the molecule is COc1ccc(-n2nc3c(c2NC(=O)c2cccc(Br)c2)CS(=O)C3)cc1. The number of benzene rings is 2. The van der Waals surface area contributed by atoms with Crippen LogP contribution in [0, 0.1) is 0 Å². The van der Waals surface area contributed by atoms with E-state index in [0.29, 0.717) is 22.9 Å². The number of hydrogen-bond acceptors (Lipinski definition) is 4. The lowest BCUT2D eigenvalue weighted by Crippen LogP contribution is -2.16. The summed E-state index contributed by atoms with van der Waals surface area (Å²) < 4.78 is 19.7. The third kappa shape index (κ3) is 3.54. The molecule has 138 valence electrons. The Balaban J connectivity index is 1.74. The smallest absolute Gasteiger partial charge is 0.256 e. The second-order valence-electron chi connectivity index (χ2n) is 6.08. The molecule has 0 aliphatic carbocycles. The van der Waals surface area contributed by atoms with Gasteiger partial charge in [-0.1, -0.05) is 22.0 Å². The lowest BCUT2D eigenvalue weighted by atomic mass is 10.2. The van der Waals surface area contributed by atoms with E-state index in [-0.39, 0.29) is 5.91 Å². The average Bonchev–Trinajstić information content (AvgIpc) is 3.19. The van der Waals surface area contributed by atoms with Crippen molar-refractivity contribution in [2.45, 2.75) is 11.5 Å². The maximum absolute atomic E-state index is 12.8. The first-order chi connectivity index (χ1) is 13.0. The summed E-state index contributed by atoms with van der Waals surface area (Å²) in [6, 6.07) is 14.6. The molecule has 1 unspecified atom stereocenters. The van der Waals surface area contributed by atoms with Crippen LogP contribution in [0.4, 0.5) is 5.82 Å². The topological polar surface area (TPSA) is 73.2 Å². The minimum atomic E-state index is -0.986. The second kappa shape index (κ2) is 7.28. The van der Waals surface area contributed by atoms with Crippen LogP contribution in [-0.2, 0) is 22.3 Å². The second-order valence-corrected chi connectivity index (χ2v) is 8.45. The fraction of sp³-hybridized carbons (Fsp3) is 0.158. The number of nitrogens with one attached hydrogen (secondary N) is 1. The molecule has 8 heteroatoms. The Hall–Kier alpha value is -2.45. The predicted octanol–water partition coefficient (Wildman–Crippen LogP) is 3.66. The number of methoxy groups -OCH3 is 1. The maximum atomic E-state index is 12.8. The van der Waals surface area contributed by atoms with E-state index in [2.05, 4.69) is 26.3 Å². The van der Waals surface area contributed by atoms with Crippen molar-refractivity contribution in [3.05, 3.63) is 69.8 Å². The van der Waals surface area contributed by atoms with Gasteiger partial charge >= 0.3 is 0 Å². The zero-order chi connectivity index (χ0) is 19.0. The standard InChI is InChI=1S/C19H16BrN3O3S/c1-26-15-7-5-14(6-8-15)23-18(16-10-27(25)11-17(16)22-23)21-19(24)12-3-2-4-13(20)9-12/h2-9H,10-11H2,1H3,(H,21,24). The summed E-state index contributed by atoms with van der Waals surface area (Å²) in [5, 5.41) is 7.55. The summed E-state index contributed by atoms with van der Waals surface area (Å²) in [7, 11) is 0.622. The van der Waals surface area contributed by atoms with E-state index >= 15 is 0 Å². The quantitative estimate of drug-likeness (QED) is 0.664. The summed E-state index contributed by atoms with van der Waals surface area (Å²) in [4.78, 5) is 12.8. The number of hydrogen-bond donors (Lipinski definition) is 1. The van der Waals surface area contributed by atoms with Crippen molar-refractivity contribution in [3.63, 3.8) is 0 Å². The average molecular weight is 446 g/mol. The molecule has 6 nitrogen and oxygen atoms in total. The Labute approximate surface area is 167 Å². The van der Waals surface area contributed by atoms with Gasteiger partial charge in [-0.15, -0.1) is 0 Å². The van der Waals surface area contributed by atoms with Crippen molar-refractivity contribution in [1.29, 1.82) is 0 Å². The summed E-state index contributed by atoms with van der Waals surface area (Å²) >= 11 is 3.38. The van der Waals surface area contributed by atoms with Crippen LogP contribution in [0.15, 0.2) is 53.0 Å². The van der Waals surface area contributed by atoms with Gasteiger partial charge in [0, 0.05) is 26.4 Å². The van der Waals surface area contributed by atoms with Gasteiger partial charge in [-0.05, 0) is 42.5 Å². The van der Waals surface area contributed by atoms with Gasteiger partial charge in [0.1, 0.15) is 11.6 Å². The lowest BCUT2D eigenvalue weighted by Gasteiger charge is -2.12. The molecular weight excluding hydrogens is 430 g/mol. The van der Waals surface area contributed by atoms with Crippen molar-refractivity contribution in [2.24, 2.45) is 0 Å². The van der Waals surface area contributed by atoms with Crippen LogP contribution < -0.4 is 10.1 Å². The number of aromatic nitrogens is 2. The molecule has 1 aliphatic rings. The molecule has 0 radical (unpaired) electrons. The van der Waals surface area contributed by atoms with E-state index in [9.17, 15) is 9.00 Å². The molecule has 27 heavy (non-hydrogen) atoms. The fourth-order valence-electron chi connectivity index (χ4n) is 2.98. The first kappa shape index (κ1) is 17.9. The first-order valence-electron chi connectivity index (χ1n) is 8.22. The van der Waals surface area contributed by atoms with Gasteiger partial charge in [0.25, 0.3) is 5.91 Å². The molecule has 1 aromatic heterocycles. The van der Waals surface area contributed by atoms with Crippen LogP contribution in [0.1, 0.15) is 21.6 Å². The summed E-state index contributed by atoms with van der Waals surface area (Å²) in [6.45, 7) is 0. The molecule has 0 spiro atoms. The van der Waals surface area contributed by atoms with Crippen LogP contribution in [-0.4, -0.2) is 27.0 Å². The molecule has 1 aliphatic heterocycles. The highest BCUT2D eigenvalue weighted by atomic mass is 79.9. The van der Waals surface area contributed by atoms with Crippen LogP contribution >= 0.6 is 15.9 Å². The highest BCUT2D eigenvalue weighted by Crippen LogP contribution is 2.32. The number of carbonyl (C=O) groups excluding carboxylic acids is 1. The number of fused-ring (bicyclic) bond motifs is 1. The third-order valence-electron chi connectivity index (χ3n) is 4.31. The van der Waals surface area contributed by atoms with Crippen molar-refractivity contribution in [3.8, 4) is 11.4 Å². The largest absolute Gasteiger partial charge is 0.497 e. The number of anilines is 1. The predicted molar refractivity (Wildman–Crippen MR) is 108 cm³/mol. The molecule has 0 fully saturated rings. The number of ether oxygens (including phenoxy) is 1. The molecule has 0 bridgehead atoms. The fourth-order valence-corrected chi connectivity index (χ4v) is 4.64. The van der Waals surface area contributed by atoms with E-state index in [1.165, 1.54) is 0 Å². The Morgan fingerprint density at radius 3 is 2.70 bits per heavy atom. The Morgan fingerprint density at radius 1 is 1.22 bits per heavy atom. The minimum absolute atomic E-state index is 0.244. The molecule has 4 rings (SSSR count). The van der Waals surface area contributed by atoms with Crippen molar-refractivity contribution < 1.29 is 13.7 Å². The maximum Gasteiger partial charge on any atom is 0.256 e. The molecule has 0 saturated carbocycles. The van der Waals surface area contributed by atoms with Crippen LogP contribution in [0.5, 0.6) is 5.75 Å². The monoisotopic (exact) mass is 445 g/mol. The van der Waals surface area contributed by atoms with E-state index in [1.54, 1.807) is 30.0 Å². The van der Waals surface area contributed by atoms with E-state index < -0.39 is 10.8 Å². The normalized spacial score (nSPS) is 15.4. The van der Waals surface area contributed by atoms with E-state index in [0.717, 1.165) is 27.2 Å². The van der Waals surface area contributed by atoms with Crippen LogP contribution in [0.2, 0.25) is 0 Å². The molecule has 2 aromatic carbocycles. The summed E-state index contributed by atoms with van der Waals surface area (Å²) in [5.74, 6) is 1.84. The minimum Gasteiger partial charge on any atom is -0.497 e. The van der Waals surface area contributed by atoms with Crippen LogP contribution in [0.3, 0.4) is 0 Å². The molecule has 2 heterocycles. The summed E-state index contributed by atoms with van der Waals surface area (Å²) in [5.41, 5.74) is 2.90. The Kier molecular flexibility index (Phi) is 4.84. The number of halogens is 1. The molecule has 1 atom stereocenters. The molecule has 3 aromatic rings. The highest BCUT2D eigenvalue weighted by Gasteiger charge is 2.28. The zero-order valence-electron chi connectivity index (χ0n) is 14.4. The lowest BCUT2D eigenvalue weighted by molar-refractivity contribution is 0.102. The molecule has 1 N–H and O–H groups in total.